The number of carbonyl (C=O) groups is 1. The van der Waals surface area contributed by atoms with E-state index in [1.54, 1.807) is 6.07 Å². The smallest absolute Gasteiger partial charge is 0.338 e. The van der Waals surface area contributed by atoms with Crippen molar-refractivity contribution in [3.63, 3.8) is 0 Å². The maximum absolute atomic E-state index is 14.9. The van der Waals surface area contributed by atoms with Gasteiger partial charge in [0.05, 0.1) is 22.8 Å². The number of anilines is 1. The van der Waals surface area contributed by atoms with E-state index in [1.807, 2.05) is 121 Å². The summed E-state index contributed by atoms with van der Waals surface area (Å²) in [5.41, 5.74) is 6.28. The minimum absolute atomic E-state index is 0.316. The molecule has 200 valence electrons. The lowest BCUT2D eigenvalue weighted by Crippen LogP contribution is -2.25. The molecule has 2 aromatic rings. The van der Waals surface area contributed by atoms with Crippen LogP contribution in [-0.4, -0.2) is 56.7 Å². The molecule has 0 saturated carbocycles. The highest BCUT2D eigenvalue weighted by Gasteiger charge is 2.43. The van der Waals surface area contributed by atoms with Gasteiger partial charge in [-0.1, -0.05) is 12.1 Å². The molecule has 1 atom stereocenters. The van der Waals surface area contributed by atoms with Crippen molar-refractivity contribution in [1.29, 1.82) is 0 Å². The van der Waals surface area contributed by atoms with E-state index in [9.17, 15) is 9.36 Å². The zero-order valence-electron chi connectivity index (χ0n) is 23.9. The van der Waals surface area contributed by atoms with Gasteiger partial charge >= 0.3 is 5.97 Å². The number of rotatable bonds is 5. The fourth-order valence-electron chi connectivity index (χ4n) is 4.75. The SMILES string of the molecule is CCOP1(=O)C2=CC(=[N+](C)C)C=CC2=C(c2cc(C(=O)OC(C)(C)C)ccc2C)c2ccc(N(C)C)cc21. The van der Waals surface area contributed by atoms with Gasteiger partial charge in [-0.3, -0.25) is 4.57 Å². The summed E-state index contributed by atoms with van der Waals surface area (Å²) in [6.07, 6.45) is 6.03. The van der Waals surface area contributed by atoms with Crippen molar-refractivity contribution in [2.45, 2.75) is 40.2 Å². The Kier molecular flexibility index (Phi) is 7.44. The van der Waals surface area contributed by atoms with Crippen LogP contribution in [0.2, 0.25) is 0 Å². The van der Waals surface area contributed by atoms with Gasteiger partial charge in [0.25, 0.3) is 7.37 Å². The first-order valence-electron chi connectivity index (χ1n) is 12.9. The third-order valence-corrected chi connectivity index (χ3v) is 9.25. The van der Waals surface area contributed by atoms with Gasteiger partial charge in [0, 0.05) is 31.9 Å². The van der Waals surface area contributed by atoms with Crippen molar-refractivity contribution in [3.05, 3.63) is 87.8 Å². The first-order chi connectivity index (χ1) is 17.8. The molecule has 6 nitrogen and oxygen atoms in total. The average molecular weight is 534 g/mol. The summed E-state index contributed by atoms with van der Waals surface area (Å²) in [6.45, 7) is 9.80. The first-order valence-corrected chi connectivity index (χ1v) is 14.5. The van der Waals surface area contributed by atoms with Crippen LogP contribution in [0.25, 0.3) is 5.57 Å². The molecule has 0 radical (unpaired) electrons. The summed E-state index contributed by atoms with van der Waals surface area (Å²) in [5, 5.41) is 1.34. The van der Waals surface area contributed by atoms with Crippen LogP contribution in [0.3, 0.4) is 0 Å². The second-order valence-corrected chi connectivity index (χ2v) is 13.4. The maximum atomic E-state index is 14.9. The number of fused-ring (bicyclic) bond motifs is 2. The predicted molar refractivity (Wildman–Crippen MR) is 156 cm³/mol. The lowest BCUT2D eigenvalue weighted by molar-refractivity contribution is -0.462. The molecule has 1 aliphatic heterocycles. The molecule has 0 N–H and O–H groups in total. The molecular weight excluding hydrogens is 495 g/mol. The standard InChI is InChI=1S/C31H38N2O4P/c1-10-36-38(35)27-18-22(32(6)7)13-15-24(27)29(25-16-14-23(33(8)9)19-28(25)38)26-17-21(12-11-20(26)2)30(34)37-31(3,4)5/h11-19H,10H2,1-9H3/q+1. The Morgan fingerprint density at radius 3 is 2.34 bits per heavy atom. The number of ether oxygens (including phenoxy) is 1. The van der Waals surface area contributed by atoms with Crippen LogP contribution < -0.4 is 10.2 Å². The van der Waals surface area contributed by atoms with Crippen LogP contribution in [0.5, 0.6) is 0 Å². The van der Waals surface area contributed by atoms with Crippen molar-refractivity contribution in [3.8, 4) is 0 Å². The molecular formula is C31H38N2O4P+. The maximum Gasteiger partial charge on any atom is 0.338 e. The fourth-order valence-corrected chi connectivity index (χ4v) is 7.26. The van der Waals surface area contributed by atoms with Crippen molar-refractivity contribution in [1.82, 2.24) is 0 Å². The Labute approximate surface area is 226 Å². The fraction of sp³-hybridized carbons (Fsp3) is 0.355. The third-order valence-electron chi connectivity index (χ3n) is 6.62. The predicted octanol–water partition coefficient (Wildman–Crippen LogP) is 5.94. The lowest BCUT2D eigenvalue weighted by Gasteiger charge is -2.33. The number of benzene rings is 2. The van der Waals surface area contributed by atoms with E-state index in [-0.39, 0.29) is 5.97 Å². The van der Waals surface area contributed by atoms with E-state index in [0.29, 0.717) is 22.8 Å². The zero-order valence-corrected chi connectivity index (χ0v) is 24.8. The number of esters is 1. The lowest BCUT2D eigenvalue weighted by atomic mass is 9.87. The van der Waals surface area contributed by atoms with E-state index < -0.39 is 13.0 Å². The molecule has 0 fully saturated rings. The van der Waals surface area contributed by atoms with E-state index in [1.165, 1.54) is 0 Å². The molecule has 0 spiro atoms. The van der Waals surface area contributed by atoms with E-state index in [2.05, 4.69) is 0 Å². The third kappa shape index (κ3) is 5.08. The van der Waals surface area contributed by atoms with Crippen molar-refractivity contribution < 1.29 is 23.2 Å². The molecule has 2 aromatic carbocycles. The normalized spacial score (nSPS) is 18.6. The van der Waals surface area contributed by atoms with Gasteiger partial charge in [0.1, 0.15) is 19.7 Å². The highest BCUT2D eigenvalue weighted by molar-refractivity contribution is 7.71. The van der Waals surface area contributed by atoms with Crippen molar-refractivity contribution in [2.75, 3.05) is 39.7 Å². The van der Waals surface area contributed by atoms with Gasteiger partial charge in [0.2, 0.25) is 0 Å². The number of allylic oxidation sites excluding steroid dienone is 5. The van der Waals surface area contributed by atoms with E-state index in [0.717, 1.165) is 39.2 Å². The van der Waals surface area contributed by atoms with Gasteiger partial charge < -0.3 is 14.2 Å². The summed E-state index contributed by atoms with van der Waals surface area (Å²) < 4.78 is 28.7. The Balaban J connectivity index is 2.07. The highest BCUT2D eigenvalue weighted by Crippen LogP contribution is 2.63. The number of nitrogens with zero attached hydrogens (tertiary/aromatic N) is 2. The highest BCUT2D eigenvalue weighted by atomic mass is 31.2. The zero-order chi connectivity index (χ0) is 28.0. The Morgan fingerprint density at radius 1 is 1.03 bits per heavy atom. The topological polar surface area (TPSA) is 58.9 Å². The molecule has 0 bridgehead atoms. The molecule has 1 unspecified atom stereocenters. The van der Waals surface area contributed by atoms with Crippen molar-refractivity contribution >= 4 is 35.6 Å². The minimum Gasteiger partial charge on any atom is -0.456 e. The second-order valence-electron chi connectivity index (χ2n) is 11.1. The molecule has 0 amide bonds. The summed E-state index contributed by atoms with van der Waals surface area (Å²) in [4.78, 5) is 15.0. The first kappa shape index (κ1) is 27.8. The monoisotopic (exact) mass is 533 g/mol. The number of carbonyl (C=O) groups excluding carboxylic acids is 1. The second kappa shape index (κ2) is 10.2. The molecule has 7 heteroatoms. The van der Waals surface area contributed by atoms with Gasteiger partial charge in [-0.2, -0.15) is 0 Å². The van der Waals surface area contributed by atoms with E-state index >= 15 is 0 Å². The van der Waals surface area contributed by atoms with Crippen molar-refractivity contribution in [2.24, 2.45) is 0 Å². The number of hydrogen-bond acceptors (Lipinski definition) is 5. The molecule has 1 aliphatic carbocycles. The Morgan fingerprint density at radius 2 is 1.74 bits per heavy atom. The van der Waals surface area contributed by atoms with Crippen LogP contribution in [-0.2, 0) is 13.8 Å². The van der Waals surface area contributed by atoms with Gasteiger partial charge in [-0.25, -0.2) is 9.37 Å². The molecule has 1 heterocycles. The summed E-state index contributed by atoms with van der Waals surface area (Å²) in [5.74, 6) is -0.374. The van der Waals surface area contributed by atoms with Crippen LogP contribution in [0, 0.1) is 6.92 Å². The van der Waals surface area contributed by atoms with Crippen LogP contribution in [0.15, 0.2) is 65.5 Å². The quantitative estimate of drug-likeness (QED) is 0.271. The van der Waals surface area contributed by atoms with Gasteiger partial charge in [-0.05, 0) is 92.8 Å². The van der Waals surface area contributed by atoms with E-state index in [4.69, 9.17) is 9.26 Å². The van der Waals surface area contributed by atoms with Crippen LogP contribution >= 0.6 is 7.37 Å². The van der Waals surface area contributed by atoms with Gasteiger partial charge in [0.15, 0.2) is 5.71 Å². The number of hydrogen-bond donors (Lipinski definition) is 0. The molecule has 2 aliphatic rings. The van der Waals surface area contributed by atoms with Crippen LogP contribution in [0.4, 0.5) is 5.69 Å². The Bertz CT molecular complexity index is 1480. The largest absolute Gasteiger partial charge is 0.456 e. The molecule has 0 aromatic heterocycles. The van der Waals surface area contributed by atoms with Crippen LogP contribution in [0.1, 0.15) is 54.7 Å². The minimum atomic E-state index is -3.42. The molecule has 0 saturated heterocycles. The van der Waals surface area contributed by atoms with Gasteiger partial charge in [-0.15, -0.1) is 0 Å². The number of aryl methyl sites for hydroxylation is 1. The Hall–Kier alpha value is -3.21. The summed E-state index contributed by atoms with van der Waals surface area (Å²) in [6, 6.07) is 11.7. The summed E-state index contributed by atoms with van der Waals surface area (Å²) >= 11 is 0. The molecule has 4 rings (SSSR count). The summed E-state index contributed by atoms with van der Waals surface area (Å²) in [7, 11) is 4.44. The molecule has 38 heavy (non-hydrogen) atoms. The average Bonchev–Trinajstić information content (AvgIpc) is 2.84.